The van der Waals surface area contributed by atoms with Gasteiger partial charge in [-0.15, -0.1) is 0 Å². The molecule has 78 valence electrons. The van der Waals surface area contributed by atoms with Crippen molar-refractivity contribution in [1.29, 1.82) is 0 Å². The van der Waals surface area contributed by atoms with E-state index in [1.165, 1.54) is 7.11 Å². The monoisotopic (exact) mass is 269 g/mol. The summed E-state index contributed by atoms with van der Waals surface area (Å²) in [4.78, 5) is 14.1. The maximum Gasteiger partial charge on any atom is 0.358 e. The molecule has 0 saturated carbocycles. The van der Waals surface area contributed by atoms with Crippen LogP contribution < -0.4 is 0 Å². The zero-order valence-corrected chi connectivity index (χ0v) is 9.46. The Bertz CT molecular complexity index is 533. The van der Waals surface area contributed by atoms with Crippen LogP contribution in [0.5, 0.6) is 5.75 Å². The fourth-order valence-electron chi connectivity index (χ4n) is 1.40. The van der Waals surface area contributed by atoms with E-state index in [-0.39, 0.29) is 11.4 Å². The minimum atomic E-state index is -0.583. The normalized spacial score (nSPS) is 10.5. The Hall–Kier alpha value is -1.49. The number of carbonyl (C=O) groups excluding carboxylic acids is 1. The minimum Gasteiger partial charge on any atom is -0.505 e. The molecule has 2 N–H and O–H groups in total. The van der Waals surface area contributed by atoms with E-state index < -0.39 is 5.97 Å². The number of fused-ring (bicyclic) bond motifs is 1. The Labute approximate surface area is 94.0 Å². The highest BCUT2D eigenvalue weighted by atomic mass is 79.9. The lowest BCUT2D eigenvalue weighted by Gasteiger charge is -1.94. The second-order valence-corrected chi connectivity index (χ2v) is 3.95. The number of esters is 1. The molecule has 1 aromatic carbocycles. The number of carbonyl (C=O) groups is 1. The van der Waals surface area contributed by atoms with Crippen molar-refractivity contribution in [1.82, 2.24) is 4.98 Å². The largest absolute Gasteiger partial charge is 0.505 e. The average molecular weight is 270 g/mol. The smallest absolute Gasteiger partial charge is 0.358 e. The molecule has 1 aromatic heterocycles. The summed E-state index contributed by atoms with van der Waals surface area (Å²) in [7, 11) is 1.27. The number of H-pyrrole nitrogens is 1. The van der Waals surface area contributed by atoms with Gasteiger partial charge in [0.15, 0.2) is 11.4 Å². The highest BCUT2D eigenvalue weighted by molar-refractivity contribution is 9.10. The molecule has 0 amide bonds. The maximum absolute atomic E-state index is 11.3. The first-order chi connectivity index (χ1) is 7.13. The van der Waals surface area contributed by atoms with Crippen LogP contribution in [0.4, 0.5) is 0 Å². The molecule has 0 aliphatic carbocycles. The van der Waals surface area contributed by atoms with Crippen molar-refractivity contribution < 1.29 is 14.6 Å². The third kappa shape index (κ3) is 1.59. The van der Waals surface area contributed by atoms with Crippen molar-refractivity contribution in [2.45, 2.75) is 0 Å². The molecule has 15 heavy (non-hydrogen) atoms. The zero-order chi connectivity index (χ0) is 11.0. The van der Waals surface area contributed by atoms with Gasteiger partial charge in [-0.05, 0) is 18.2 Å². The molecule has 5 heteroatoms. The quantitative estimate of drug-likeness (QED) is 0.782. The molecule has 0 spiro atoms. The van der Waals surface area contributed by atoms with Crippen LogP contribution in [0.1, 0.15) is 10.5 Å². The van der Waals surface area contributed by atoms with E-state index in [4.69, 9.17) is 0 Å². The van der Waals surface area contributed by atoms with Gasteiger partial charge in [-0.25, -0.2) is 4.79 Å². The average Bonchev–Trinajstić information content (AvgIpc) is 2.54. The number of rotatable bonds is 1. The standard InChI is InChI=1S/C10H8BrNO3/c1-15-10(14)8-9(13)6-3-2-5(11)4-7(6)12-8/h2-4,12-13H,1H3. The van der Waals surface area contributed by atoms with Gasteiger partial charge >= 0.3 is 5.97 Å². The first-order valence-electron chi connectivity index (χ1n) is 4.22. The SMILES string of the molecule is COC(=O)c1[nH]c2cc(Br)ccc2c1O. The molecular formula is C10H8BrNO3. The molecule has 0 atom stereocenters. The predicted molar refractivity (Wildman–Crippen MR) is 59.0 cm³/mol. The van der Waals surface area contributed by atoms with Gasteiger partial charge in [-0.2, -0.15) is 0 Å². The van der Waals surface area contributed by atoms with Crippen LogP contribution in [-0.2, 0) is 4.74 Å². The molecule has 2 rings (SSSR count). The number of benzene rings is 1. The minimum absolute atomic E-state index is 0.0746. The lowest BCUT2D eigenvalue weighted by atomic mass is 10.2. The summed E-state index contributed by atoms with van der Waals surface area (Å²) in [5, 5.41) is 10.3. The summed E-state index contributed by atoms with van der Waals surface area (Å²) in [6.07, 6.45) is 0. The van der Waals surface area contributed by atoms with Crippen molar-refractivity contribution in [3.05, 3.63) is 28.4 Å². The molecule has 0 aliphatic rings. The molecule has 1 heterocycles. The summed E-state index contributed by atoms with van der Waals surface area (Å²) in [5.41, 5.74) is 0.757. The number of hydrogen-bond acceptors (Lipinski definition) is 3. The summed E-state index contributed by atoms with van der Waals surface area (Å²) >= 11 is 3.30. The van der Waals surface area contributed by atoms with Gasteiger partial charge in [0, 0.05) is 9.86 Å². The van der Waals surface area contributed by atoms with Crippen molar-refractivity contribution >= 4 is 32.8 Å². The Morgan fingerprint density at radius 1 is 1.53 bits per heavy atom. The maximum atomic E-state index is 11.3. The molecule has 0 aliphatic heterocycles. The van der Waals surface area contributed by atoms with Gasteiger partial charge in [-0.1, -0.05) is 15.9 Å². The van der Waals surface area contributed by atoms with Crippen molar-refractivity contribution in [3.63, 3.8) is 0 Å². The molecule has 4 nitrogen and oxygen atoms in total. The van der Waals surface area contributed by atoms with Crippen LogP contribution in [0.3, 0.4) is 0 Å². The number of aromatic amines is 1. The fourth-order valence-corrected chi connectivity index (χ4v) is 1.77. The van der Waals surface area contributed by atoms with Gasteiger partial charge in [0.1, 0.15) is 0 Å². The molecule has 0 bridgehead atoms. The Balaban J connectivity index is 2.69. The lowest BCUT2D eigenvalue weighted by molar-refractivity contribution is 0.0592. The Morgan fingerprint density at radius 2 is 2.27 bits per heavy atom. The summed E-state index contributed by atoms with van der Waals surface area (Å²) in [5.74, 6) is -0.663. The number of aromatic nitrogens is 1. The molecule has 0 radical (unpaired) electrons. The Kier molecular flexibility index (Phi) is 2.40. The van der Waals surface area contributed by atoms with E-state index >= 15 is 0 Å². The number of aromatic hydroxyl groups is 1. The van der Waals surface area contributed by atoms with Crippen LogP contribution in [0.25, 0.3) is 10.9 Å². The van der Waals surface area contributed by atoms with E-state index in [1.54, 1.807) is 18.2 Å². The highest BCUT2D eigenvalue weighted by Crippen LogP contribution is 2.30. The van der Waals surface area contributed by atoms with Gasteiger partial charge in [0.2, 0.25) is 0 Å². The van der Waals surface area contributed by atoms with Crippen molar-refractivity contribution in [2.24, 2.45) is 0 Å². The van der Waals surface area contributed by atoms with E-state index in [0.29, 0.717) is 10.9 Å². The first-order valence-corrected chi connectivity index (χ1v) is 5.01. The summed E-state index contributed by atoms with van der Waals surface area (Å²) in [6, 6.07) is 5.29. The van der Waals surface area contributed by atoms with E-state index in [0.717, 1.165) is 4.47 Å². The first kappa shape index (κ1) is 10.0. The van der Waals surface area contributed by atoms with E-state index in [2.05, 4.69) is 25.7 Å². The summed E-state index contributed by atoms with van der Waals surface area (Å²) < 4.78 is 5.40. The molecule has 0 saturated heterocycles. The molecule has 0 unspecified atom stereocenters. The highest BCUT2D eigenvalue weighted by Gasteiger charge is 2.17. The van der Waals surface area contributed by atoms with Crippen LogP contribution in [-0.4, -0.2) is 23.2 Å². The lowest BCUT2D eigenvalue weighted by Crippen LogP contribution is -2.01. The number of ether oxygens (including phenoxy) is 1. The van der Waals surface area contributed by atoms with Gasteiger partial charge in [0.25, 0.3) is 0 Å². The molecular weight excluding hydrogens is 262 g/mol. The second-order valence-electron chi connectivity index (χ2n) is 3.03. The van der Waals surface area contributed by atoms with Gasteiger partial charge in [0.05, 0.1) is 12.6 Å². The van der Waals surface area contributed by atoms with Gasteiger partial charge < -0.3 is 14.8 Å². The molecule has 2 aromatic rings. The second kappa shape index (κ2) is 3.58. The van der Waals surface area contributed by atoms with Crippen LogP contribution in [0.2, 0.25) is 0 Å². The third-order valence-corrected chi connectivity index (χ3v) is 2.62. The number of halogens is 1. The number of hydrogen-bond donors (Lipinski definition) is 2. The van der Waals surface area contributed by atoms with Crippen LogP contribution in [0, 0.1) is 0 Å². The fraction of sp³-hybridized carbons (Fsp3) is 0.100. The zero-order valence-electron chi connectivity index (χ0n) is 7.87. The number of nitrogens with one attached hydrogen (secondary N) is 1. The van der Waals surface area contributed by atoms with E-state index in [1.807, 2.05) is 0 Å². The Morgan fingerprint density at radius 3 is 2.93 bits per heavy atom. The summed E-state index contributed by atoms with van der Waals surface area (Å²) in [6.45, 7) is 0. The molecule has 0 fully saturated rings. The van der Waals surface area contributed by atoms with Crippen LogP contribution in [0.15, 0.2) is 22.7 Å². The predicted octanol–water partition coefficient (Wildman–Crippen LogP) is 2.42. The van der Waals surface area contributed by atoms with Crippen molar-refractivity contribution in [2.75, 3.05) is 7.11 Å². The van der Waals surface area contributed by atoms with Crippen LogP contribution >= 0.6 is 15.9 Å². The van der Waals surface area contributed by atoms with Gasteiger partial charge in [-0.3, -0.25) is 0 Å². The topological polar surface area (TPSA) is 62.3 Å². The third-order valence-electron chi connectivity index (χ3n) is 2.12. The van der Waals surface area contributed by atoms with Crippen molar-refractivity contribution in [3.8, 4) is 5.75 Å². The van der Waals surface area contributed by atoms with E-state index in [9.17, 15) is 9.90 Å². The number of methoxy groups -OCH3 is 1.